The third kappa shape index (κ3) is 2.70. The number of amides is 1. The van der Waals surface area contributed by atoms with E-state index in [4.69, 9.17) is 0 Å². The maximum Gasteiger partial charge on any atom is 0.262 e. The summed E-state index contributed by atoms with van der Waals surface area (Å²) in [7, 11) is 1.60. The molecule has 1 aliphatic heterocycles. The number of carbonyl (C=O) groups is 1. The van der Waals surface area contributed by atoms with Crippen LogP contribution in [0.15, 0.2) is 54.1 Å². The number of hydrogen-bond acceptors (Lipinski definition) is 5. The normalized spacial score (nSPS) is 16.6. The summed E-state index contributed by atoms with van der Waals surface area (Å²) < 4.78 is 0. The fourth-order valence-electron chi connectivity index (χ4n) is 3.06. The highest BCUT2D eigenvalue weighted by Crippen LogP contribution is 2.41. The molecule has 1 heterocycles. The molecule has 1 aliphatic rings. The molecule has 0 radical (unpaired) electrons. The molecule has 25 heavy (non-hydrogen) atoms. The van der Waals surface area contributed by atoms with Gasteiger partial charge in [-0.1, -0.05) is 24.3 Å². The highest BCUT2D eigenvalue weighted by atomic mass is 16.3. The average molecular weight is 340 g/mol. The van der Waals surface area contributed by atoms with Crippen LogP contribution in [0.1, 0.15) is 12.5 Å². The molecule has 0 fully saturated rings. The molecule has 6 heteroatoms. The van der Waals surface area contributed by atoms with Crippen molar-refractivity contribution in [2.75, 3.05) is 23.4 Å². The number of phenols is 1. The van der Waals surface area contributed by atoms with Crippen molar-refractivity contribution in [3.63, 3.8) is 0 Å². The number of hydrogen-bond donors (Lipinski definition) is 3. The zero-order chi connectivity index (χ0) is 18.1. The van der Waals surface area contributed by atoms with E-state index >= 15 is 0 Å². The summed E-state index contributed by atoms with van der Waals surface area (Å²) in [6.45, 7) is 2.18. The summed E-state index contributed by atoms with van der Waals surface area (Å²) in [5.41, 5.74) is 1.09. The Kier molecular flexibility index (Phi) is 4.37. The number of fused-ring (bicyclic) bond motifs is 1. The molecule has 0 aliphatic carbocycles. The van der Waals surface area contributed by atoms with E-state index in [0.717, 1.165) is 0 Å². The van der Waals surface area contributed by atoms with E-state index in [1.165, 1.54) is 15.9 Å². The van der Waals surface area contributed by atoms with Gasteiger partial charge in [0.15, 0.2) is 6.23 Å². The van der Waals surface area contributed by atoms with E-state index in [-0.39, 0.29) is 16.9 Å². The number of rotatable bonds is 3. The molecule has 0 spiro atoms. The predicted octanol–water partition coefficient (Wildman–Crippen LogP) is 2.48. The van der Waals surface area contributed by atoms with E-state index in [1.807, 2.05) is 25.1 Å². The number of aliphatic hydroxyl groups excluding tert-OH is 2. The van der Waals surface area contributed by atoms with Crippen molar-refractivity contribution in [1.29, 1.82) is 0 Å². The zero-order valence-corrected chi connectivity index (χ0v) is 14.0. The van der Waals surface area contributed by atoms with Crippen LogP contribution in [0.3, 0.4) is 0 Å². The number of benzene rings is 2. The van der Waals surface area contributed by atoms with E-state index in [9.17, 15) is 20.1 Å². The van der Waals surface area contributed by atoms with Crippen molar-refractivity contribution >= 4 is 23.0 Å². The number of carbonyl (C=O) groups excluding carboxylic acids is 1. The summed E-state index contributed by atoms with van der Waals surface area (Å²) in [6, 6.07) is 13.7. The van der Waals surface area contributed by atoms with Gasteiger partial charge >= 0.3 is 0 Å². The Bertz CT molecular complexity index is 833. The Morgan fingerprint density at radius 3 is 2.44 bits per heavy atom. The molecule has 0 aromatic heterocycles. The highest BCUT2D eigenvalue weighted by Gasteiger charge is 2.37. The van der Waals surface area contributed by atoms with Crippen LogP contribution in [-0.4, -0.2) is 41.0 Å². The van der Waals surface area contributed by atoms with Gasteiger partial charge in [-0.05, 0) is 31.2 Å². The highest BCUT2D eigenvalue weighted by molar-refractivity contribution is 6.12. The largest absolute Gasteiger partial charge is 0.507 e. The maximum atomic E-state index is 13.1. The van der Waals surface area contributed by atoms with Crippen molar-refractivity contribution in [3.8, 4) is 5.75 Å². The minimum absolute atomic E-state index is 0.141. The van der Waals surface area contributed by atoms with Crippen molar-refractivity contribution in [2.45, 2.75) is 13.2 Å². The van der Waals surface area contributed by atoms with Gasteiger partial charge in [0.1, 0.15) is 17.1 Å². The second kappa shape index (κ2) is 6.49. The molecule has 130 valence electrons. The number of phenolic OH excluding ortho intramolecular Hbond substituents is 1. The summed E-state index contributed by atoms with van der Waals surface area (Å²) >= 11 is 0. The molecular weight excluding hydrogens is 320 g/mol. The van der Waals surface area contributed by atoms with Gasteiger partial charge in [0.25, 0.3) is 5.91 Å². The first-order valence-corrected chi connectivity index (χ1v) is 8.00. The fourth-order valence-corrected chi connectivity index (χ4v) is 3.06. The molecule has 0 bridgehead atoms. The minimum Gasteiger partial charge on any atom is -0.507 e. The molecular formula is C19H20N2O4. The van der Waals surface area contributed by atoms with Crippen molar-refractivity contribution in [2.24, 2.45) is 0 Å². The van der Waals surface area contributed by atoms with Gasteiger partial charge in [0.05, 0.1) is 11.3 Å². The Hall–Kier alpha value is -2.99. The fraction of sp³-hybridized carbons (Fsp3) is 0.211. The second-order valence-electron chi connectivity index (χ2n) is 5.80. The van der Waals surface area contributed by atoms with Crippen molar-refractivity contribution in [3.05, 3.63) is 59.7 Å². The molecule has 3 N–H and O–H groups in total. The van der Waals surface area contributed by atoms with Crippen molar-refractivity contribution < 1.29 is 20.1 Å². The van der Waals surface area contributed by atoms with Crippen LogP contribution in [0.2, 0.25) is 0 Å². The first kappa shape index (κ1) is 16.9. The third-order valence-electron chi connectivity index (χ3n) is 4.38. The van der Waals surface area contributed by atoms with Gasteiger partial charge in [0, 0.05) is 19.3 Å². The standard InChI is InChI=1S/C19H20N2O4/c1-3-21(12-8-5-4-6-9-12)19(25)16-17(23)15-13(20(2)18(16)24)10-7-11-14(15)22/h4-11,18,22-24H,3H2,1-2H3. The smallest absolute Gasteiger partial charge is 0.262 e. The van der Waals surface area contributed by atoms with Gasteiger partial charge in [-0.15, -0.1) is 0 Å². The van der Waals surface area contributed by atoms with E-state index < -0.39 is 17.9 Å². The van der Waals surface area contributed by atoms with Crippen LogP contribution in [-0.2, 0) is 4.79 Å². The zero-order valence-electron chi connectivity index (χ0n) is 14.0. The quantitative estimate of drug-likeness (QED) is 0.799. The topological polar surface area (TPSA) is 84.2 Å². The molecule has 0 saturated carbocycles. The Labute approximate surface area is 145 Å². The maximum absolute atomic E-state index is 13.1. The second-order valence-corrected chi connectivity index (χ2v) is 5.80. The lowest BCUT2D eigenvalue weighted by atomic mass is 9.97. The van der Waals surface area contributed by atoms with Crippen LogP contribution >= 0.6 is 0 Å². The first-order valence-electron chi connectivity index (χ1n) is 8.00. The SMILES string of the molecule is CCN(C(=O)C1=C(O)c2c(O)cccc2N(C)C1O)c1ccccc1. The van der Waals surface area contributed by atoms with Crippen LogP contribution in [0, 0.1) is 0 Å². The number of aromatic hydroxyl groups is 1. The molecule has 2 aromatic rings. The number of anilines is 2. The average Bonchev–Trinajstić information content (AvgIpc) is 2.61. The summed E-state index contributed by atoms with van der Waals surface area (Å²) in [5.74, 6) is -1.07. The molecule has 1 amide bonds. The van der Waals surface area contributed by atoms with Gasteiger partial charge < -0.3 is 25.1 Å². The number of aliphatic hydroxyl groups is 2. The van der Waals surface area contributed by atoms with Gasteiger partial charge in [-0.2, -0.15) is 0 Å². The summed E-state index contributed by atoms with van der Waals surface area (Å²) in [4.78, 5) is 16.0. The van der Waals surface area contributed by atoms with Crippen LogP contribution < -0.4 is 9.80 Å². The lowest BCUT2D eigenvalue weighted by Gasteiger charge is -2.35. The van der Waals surface area contributed by atoms with Crippen LogP contribution in [0.4, 0.5) is 11.4 Å². The third-order valence-corrected chi connectivity index (χ3v) is 4.38. The molecule has 6 nitrogen and oxygen atoms in total. The van der Waals surface area contributed by atoms with E-state index in [2.05, 4.69) is 0 Å². The van der Waals surface area contributed by atoms with Crippen LogP contribution in [0.25, 0.3) is 5.76 Å². The van der Waals surface area contributed by atoms with Gasteiger partial charge in [-0.3, -0.25) is 4.79 Å². The number of para-hydroxylation sites is 1. The molecule has 2 aromatic carbocycles. The molecule has 3 rings (SSSR count). The van der Waals surface area contributed by atoms with Crippen molar-refractivity contribution in [1.82, 2.24) is 0 Å². The predicted molar refractivity (Wildman–Crippen MR) is 96.5 cm³/mol. The van der Waals surface area contributed by atoms with Crippen LogP contribution in [0.5, 0.6) is 5.75 Å². The summed E-state index contributed by atoms with van der Waals surface area (Å²) in [6.07, 6.45) is -1.32. The molecule has 1 unspecified atom stereocenters. The molecule has 1 atom stereocenters. The van der Waals surface area contributed by atoms with E-state index in [0.29, 0.717) is 17.9 Å². The summed E-state index contributed by atoms with van der Waals surface area (Å²) in [5, 5.41) is 31.3. The monoisotopic (exact) mass is 340 g/mol. The Balaban J connectivity index is 2.13. The van der Waals surface area contributed by atoms with E-state index in [1.54, 1.807) is 31.3 Å². The first-order chi connectivity index (χ1) is 12.0. The molecule has 0 saturated heterocycles. The number of nitrogens with zero attached hydrogens (tertiary/aromatic N) is 2. The minimum atomic E-state index is -1.32. The lowest BCUT2D eigenvalue weighted by Crippen LogP contribution is -2.44. The Morgan fingerprint density at radius 1 is 1.12 bits per heavy atom. The van der Waals surface area contributed by atoms with Gasteiger partial charge in [0.2, 0.25) is 0 Å². The lowest BCUT2D eigenvalue weighted by molar-refractivity contribution is -0.116. The number of likely N-dealkylation sites (N-methyl/N-ethyl adjacent to an activating group) is 2. The Morgan fingerprint density at radius 2 is 1.80 bits per heavy atom. The van der Waals surface area contributed by atoms with Gasteiger partial charge in [-0.25, -0.2) is 0 Å².